The average Bonchev–Trinajstić information content (AvgIpc) is 2.11. The minimum atomic E-state index is -2.00. The zero-order chi connectivity index (χ0) is 13.2. The van der Waals surface area contributed by atoms with Gasteiger partial charge in [-0.2, -0.15) is 0 Å². The van der Waals surface area contributed by atoms with Crippen LogP contribution in [0.25, 0.3) is 0 Å². The quantitative estimate of drug-likeness (QED) is 0.751. The molecular weight excluding hydrogens is 238 g/mol. The molecule has 0 aliphatic heterocycles. The second-order valence-electron chi connectivity index (χ2n) is 5.72. The van der Waals surface area contributed by atoms with Crippen molar-refractivity contribution in [2.24, 2.45) is 5.92 Å². The van der Waals surface area contributed by atoms with Crippen molar-refractivity contribution in [2.45, 2.75) is 33.5 Å². The van der Waals surface area contributed by atoms with Crippen LogP contribution in [0, 0.1) is 17.6 Å². The van der Waals surface area contributed by atoms with Gasteiger partial charge in [-0.15, -0.1) is 0 Å². The van der Waals surface area contributed by atoms with Gasteiger partial charge in [-0.25, -0.2) is 8.78 Å². The van der Waals surface area contributed by atoms with E-state index in [1.54, 1.807) is 0 Å². The third-order valence-electron chi connectivity index (χ3n) is 2.35. The summed E-state index contributed by atoms with van der Waals surface area (Å²) in [6.07, 6.45) is 0. The van der Waals surface area contributed by atoms with Crippen molar-refractivity contribution in [2.75, 3.05) is 6.61 Å². The summed E-state index contributed by atoms with van der Waals surface area (Å²) in [6.45, 7) is 10.2. The first-order valence-corrected chi connectivity index (χ1v) is 9.34. The van der Waals surface area contributed by atoms with Gasteiger partial charge in [0.15, 0.2) is 0 Å². The van der Waals surface area contributed by atoms with Gasteiger partial charge >= 0.3 is 0 Å². The van der Waals surface area contributed by atoms with E-state index in [1.165, 1.54) is 12.1 Å². The molecule has 1 rings (SSSR count). The molecule has 0 amide bonds. The fourth-order valence-electron chi connectivity index (χ4n) is 1.61. The van der Waals surface area contributed by atoms with Gasteiger partial charge in [0.25, 0.3) is 0 Å². The first-order valence-electron chi connectivity index (χ1n) is 5.84. The topological polar surface area (TPSA) is 9.23 Å². The molecule has 0 aliphatic rings. The lowest BCUT2D eigenvalue weighted by atomic mass is 10.2. The molecule has 0 bridgehead atoms. The van der Waals surface area contributed by atoms with E-state index in [9.17, 15) is 8.78 Å². The van der Waals surface area contributed by atoms with E-state index in [4.69, 9.17) is 4.74 Å². The molecule has 0 heterocycles. The largest absolute Gasteiger partial charge is 0.493 e. The Kier molecular flexibility index (Phi) is 4.30. The number of benzene rings is 1. The third-order valence-corrected chi connectivity index (χ3v) is 4.33. The Labute approximate surface area is 103 Å². The van der Waals surface area contributed by atoms with Gasteiger partial charge in [-0.3, -0.25) is 0 Å². The summed E-state index contributed by atoms with van der Waals surface area (Å²) in [4.78, 5) is 0. The second-order valence-corrected chi connectivity index (χ2v) is 10.7. The van der Waals surface area contributed by atoms with E-state index in [1.807, 2.05) is 33.5 Å². The van der Waals surface area contributed by atoms with Gasteiger partial charge in [0.1, 0.15) is 17.4 Å². The highest BCUT2D eigenvalue weighted by molar-refractivity contribution is 6.88. The van der Waals surface area contributed by atoms with Crippen molar-refractivity contribution in [3.63, 3.8) is 0 Å². The Morgan fingerprint density at radius 3 is 1.94 bits per heavy atom. The van der Waals surface area contributed by atoms with Crippen LogP contribution in [0.15, 0.2) is 12.1 Å². The van der Waals surface area contributed by atoms with E-state index < -0.39 is 19.7 Å². The van der Waals surface area contributed by atoms with Crippen LogP contribution >= 0.6 is 0 Å². The van der Waals surface area contributed by atoms with Gasteiger partial charge in [0.2, 0.25) is 0 Å². The van der Waals surface area contributed by atoms with Crippen molar-refractivity contribution in [1.29, 1.82) is 0 Å². The van der Waals surface area contributed by atoms with Crippen LogP contribution in [-0.4, -0.2) is 14.7 Å². The van der Waals surface area contributed by atoms with Crippen LogP contribution in [0.3, 0.4) is 0 Å². The van der Waals surface area contributed by atoms with Crippen LogP contribution in [0.2, 0.25) is 19.6 Å². The summed E-state index contributed by atoms with van der Waals surface area (Å²) in [5.74, 6) is -0.362. The van der Waals surface area contributed by atoms with Gasteiger partial charge in [0, 0.05) is 17.3 Å². The van der Waals surface area contributed by atoms with Crippen molar-refractivity contribution < 1.29 is 13.5 Å². The molecule has 1 aromatic carbocycles. The molecule has 1 nitrogen and oxygen atoms in total. The maximum atomic E-state index is 13.8. The Morgan fingerprint density at radius 2 is 1.59 bits per heavy atom. The molecule has 0 saturated heterocycles. The number of halogens is 2. The van der Waals surface area contributed by atoms with Crippen LogP contribution < -0.4 is 9.92 Å². The minimum Gasteiger partial charge on any atom is -0.493 e. The summed E-state index contributed by atoms with van der Waals surface area (Å²) in [7, 11) is -2.00. The predicted molar refractivity (Wildman–Crippen MR) is 69.7 cm³/mol. The molecule has 0 atom stereocenters. The van der Waals surface area contributed by atoms with Crippen LogP contribution in [0.4, 0.5) is 8.78 Å². The molecule has 0 saturated carbocycles. The Balaban J connectivity index is 3.02. The second kappa shape index (κ2) is 5.17. The lowest BCUT2D eigenvalue weighted by molar-refractivity contribution is 0.269. The number of ether oxygens (including phenoxy) is 1. The van der Waals surface area contributed by atoms with E-state index in [0.29, 0.717) is 12.5 Å². The maximum Gasteiger partial charge on any atom is 0.129 e. The van der Waals surface area contributed by atoms with E-state index in [2.05, 4.69) is 0 Å². The molecule has 0 aromatic heterocycles. The fourth-order valence-corrected chi connectivity index (χ4v) is 3.19. The van der Waals surface area contributed by atoms with Crippen molar-refractivity contribution >= 4 is 13.3 Å². The Hall–Kier alpha value is -0.903. The van der Waals surface area contributed by atoms with Crippen LogP contribution in [0.5, 0.6) is 5.75 Å². The highest BCUT2D eigenvalue weighted by Crippen LogP contribution is 2.18. The average molecular weight is 258 g/mol. The molecule has 1 aromatic rings. The maximum absolute atomic E-state index is 13.8. The molecule has 0 aliphatic carbocycles. The highest BCUT2D eigenvalue weighted by atomic mass is 28.3. The van der Waals surface area contributed by atoms with Crippen LogP contribution in [0.1, 0.15) is 13.8 Å². The first-order chi connectivity index (χ1) is 7.71. The van der Waals surface area contributed by atoms with Crippen molar-refractivity contribution in [3.8, 4) is 5.75 Å². The summed E-state index contributed by atoms with van der Waals surface area (Å²) in [6, 6.07) is 2.58. The molecule has 0 unspecified atom stereocenters. The molecule has 0 fully saturated rings. The van der Waals surface area contributed by atoms with Gasteiger partial charge < -0.3 is 4.74 Å². The van der Waals surface area contributed by atoms with Crippen molar-refractivity contribution in [1.82, 2.24) is 0 Å². The lowest BCUT2D eigenvalue weighted by Gasteiger charge is -2.19. The number of hydrogen-bond acceptors (Lipinski definition) is 1. The standard InChI is InChI=1S/C13H20F2OSi/c1-9(2)8-16-10-6-11(14)13(12(15)7-10)17(3,4)5/h6-7,9H,8H2,1-5H3. The fraction of sp³-hybridized carbons (Fsp3) is 0.538. The van der Waals surface area contributed by atoms with E-state index >= 15 is 0 Å². The number of hydrogen-bond donors (Lipinski definition) is 0. The zero-order valence-electron chi connectivity index (χ0n) is 11.1. The smallest absolute Gasteiger partial charge is 0.129 e. The Morgan fingerprint density at radius 1 is 1.12 bits per heavy atom. The molecule has 0 N–H and O–H groups in total. The minimum absolute atomic E-state index is 0.245. The predicted octanol–water partition coefficient (Wildman–Crippen LogP) is 3.54. The molecule has 0 spiro atoms. The summed E-state index contributed by atoms with van der Waals surface area (Å²) in [5, 5.41) is 0.245. The summed E-state index contributed by atoms with van der Waals surface area (Å²) in [5.41, 5.74) is 0. The summed E-state index contributed by atoms with van der Waals surface area (Å²) < 4.78 is 33.0. The number of rotatable bonds is 4. The summed E-state index contributed by atoms with van der Waals surface area (Å²) >= 11 is 0. The molecular formula is C13H20F2OSi. The Bertz CT molecular complexity index is 374. The van der Waals surface area contributed by atoms with E-state index in [-0.39, 0.29) is 10.9 Å². The SMILES string of the molecule is CC(C)COc1cc(F)c([Si](C)(C)C)c(F)c1. The molecule has 17 heavy (non-hydrogen) atoms. The van der Waals surface area contributed by atoms with Gasteiger partial charge in [0.05, 0.1) is 14.7 Å². The normalized spacial score (nSPS) is 12.0. The van der Waals surface area contributed by atoms with Crippen LogP contribution in [-0.2, 0) is 0 Å². The first kappa shape index (κ1) is 14.2. The zero-order valence-corrected chi connectivity index (χ0v) is 12.1. The van der Waals surface area contributed by atoms with Gasteiger partial charge in [-0.1, -0.05) is 33.5 Å². The molecule has 4 heteroatoms. The lowest BCUT2D eigenvalue weighted by Crippen LogP contribution is -2.42. The molecule has 0 radical (unpaired) electrons. The monoisotopic (exact) mass is 258 g/mol. The van der Waals surface area contributed by atoms with E-state index in [0.717, 1.165) is 0 Å². The molecule has 96 valence electrons. The third kappa shape index (κ3) is 3.80. The van der Waals surface area contributed by atoms with Gasteiger partial charge in [-0.05, 0) is 5.92 Å². The highest BCUT2D eigenvalue weighted by Gasteiger charge is 2.25. The van der Waals surface area contributed by atoms with Crippen molar-refractivity contribution in [3.05, 3.63) is 23.8 Å².